The van der Waals surface area contributed by atoms with Gasteiger partial charge in [-0.15, -0.1) is 0 Å². The summed E-state index contributed by atoms with van der Waals surface area (Å²) in [6.45, 7) is 0. The first-order valence-electron chi connectivity index (χ1n) is 11.4. The average Bonchev–Trinajstić information content (AvgIpc) is 3.75. The first-order chi connectivity index (χ1) is 16.0. The standard InChI is InChI=1S/C27H26FNO4/c1-32-20-10-11-23(28)22(14-20)27-26(18-8-9-18)24(33-29-27)12-5-16-3-2-4-19(13-16)21(15-25(30)31)17-6-7-17/h2-5,10-14,17-18,21H,6-9,15H2,1H3,(H,30,31)/t21-/m0/s1. The Bertz CT molecular complexity index is 1210. The summed E-state index contributed by atoms with van der Waals surface area (Å²) in [7, 11) is 1.55. The van der Waals surface area contributed by atoms with Gasteiger partial charge >= 0.3 is 5.97 Å². The molecule has 0 aliphatic heterocycles. The Kier molecular flexibility index (Phi) is 5.75. The van der Waals surface area contributed by atoms with Gasteiger partial charge in [-0.2, -0.15) is 0 Å². The van der Waals surface area contributed by atoms with Gasteiger partial charge in [0, 0.05) is 11.1 Å². The molecule has 2 fully saturated rings. The molecule has 1 heterocycles. The van der Waals surface area contributed by atoms with E-state index in [0.29, 0.717) is 34.6 Å². The fourth-order valence-electron chi connectivity index (χ4n) is 4.51. The van der Waals surface area contributed by atoms with Crippen LogP contribution in [0.3, 0.4) is 0 Å². The maximum Gasteiger partial charge on any atom is 0.303 e. The van der Waals surface area contributed by atoms with Gasteiger partial charge in [-0.05, 0) is 78.8 Å². The van der Waals surface area contributed by atoms with Crippen LogP contribution in [0.1, 0.15) is 66.4 Å². The zero-order valence-electron chi connectivity index (χ0n) is 18.5. The van der Waals surface area contributed by atoms with Crippen LogP contribution in [-0.4, -0.2) is 23.3 Å². The van der Waals surface area contributed by atoms with Gasteiger partial charge < -0.3 is 14.4 Å². The molecular formula is C27H26FNO4. The largest absolute Gasteiger partial charge is 0.497 e. The van der Waals surface area contributed by atoms with E-state index in [9.17, 15) is 14.3 Å². The molecule has 0 bridgehead atoms. The number of carboxylic acids is 1. The fourth-order valence-corrected chi connectivity index (χ4v) is 4.51. The number of carboxylic acid groups (broad SMARTS) is 1. The van der Waals surface area contributed by atoms with Crippen molar-refractivity contribution in [1.82, 2.24) is 5.16 Å². The Balaban J connectivity index is 1.45. The van der Waals surface area contributed by atoms with Crippen LogP contribution >= 0.6 is 0 Å². The van der Waals surface area contributed by atoms with E-state index in [1.165, 1.54) is 6.07 Å². The third-order valence-electron chi connectivity index (χ3n) is 6.52. The van der Waals surface area contributed by atoms with Crippen LogP contribution in [-0.2, 0) is 4.79 Å². The number of hydrogen-bond acceptors (Lipinski definition) is 4. The molecule has 2 saturated carbocycles. The van der Waals surface area contributed by atoms with E-state index in [0.717, 1.165) is 42.4 Å². The highest BCUT2D eigenvalue weighted by Gasteiger charge is 2.34. The van der Waals surface area contributed by atoms with Crippen molar-refractivity contribution >= 4 is 18.1 Å². The van der Waals surface area contributed by atoms with Gasteiger partial charge in [-0.1, -0.05) is 35.5 Å². The minimum atomic E-state index is -0.763. The Labute approximate surface area is 191 Å². The summed E-state index contributed by atoms with van der Waals surface area (Å²) in [5.74, 6) is 0.875. The average molecular weight is 448 g/mol. The molecule has 0 spiro atoms. The number of nitrogens with zero attached hydrogens (tertiary/aromatic N) is 1. The van der Waals surface area contributed by atoms with Gasteiger partial charge in [0.15, 0.2) is 5.76 Å². The number of aliphatic carboxylic acids is 1. The number of carbonyl (C=O) groups is 1. The first-order valence-corrected chi connectivity index (χ1v) is 11.4. The van der Waals surface area contributed by atoms with Gasteiger partial charge in [-0.25, -0.2) is 4.39 Å². The highest BCUT2D eigenvalue weighted by atomic mass is 19.1. The molecule has 1 aromatic heterocycles. The predicted molar refractivity (Wildman–Crippen MR) is 124 cm³/mol. The maximum absolute atomic E-state index is 14.6. The van der Waals surface area contributed by atoms with Gasteiger partial charge in [-0.3, -0.25) is 4.79 Å². The molecule has 2 aliphatic rings. The smallest absolute Gasteiger partial charge is 0.303 e. The molecule has 6 heteroatoms. The van der Waals surface area contributed by atoms with Crippen LogP contribution in [0.25, 0.3) is 23.4 Å². The lowest BCUT2D eigenvalue weighted by Crippen LogP contribution is -2.08. The number of aromatic nitrogens is 1. The van der Waals surface area contributed by atoms with Crippen molar-refractivity contribution in [2.24, 2.45) is 5.92 Å². The molecule has 5 rings (SSSR count). The van der Waals surface area contributed by atoms with E-state index >= 15 is 0 Å². The summed E-state index contributed by atoms with van der Waals surface area (Å²) in [6.07, 6.45) is 8.20. The third-order valence-corrected chi connectivity index (χ3v) is 6.52. The zero-order chi connectivity index (χ0) is 22.9. The predicted octanol–water partition coefficient (Wildman–Crippen LogP) is 6.51. The van der Waals surface area contributed by atoms with E-state index < -0.39 is 5.97 Å². The van der Waals surface area contributed by atoms with Crippen molar-refractivity contribution in [1.29, 1.82) is 0 Å². The van der Waals surface area contributed by atoms with Crippen LogP contribution < -0.4 is 4.74 Å². The van der Waals surface area contributed by atoms with Gasteiger partial charge in [0.25, 0.3) is 0 Å². The lowest BCUT2D eigenvalue weighted by atomic mass is 9.90. The van der Waals surface area contributed by atoms with E-state index in [1.807, 2.05) is 30.4 Å². The molecule has 1 atom stereocenters. The van der Waals surface area contributed by atoms with E-state index in [-0.39, 0.29) is 18.2 Å². The number of methoxy groups -OCH3 is 1. The van der Waals surface area contributed by atoms with Crippen molar-refractivity contribution in [3.63, 3.8) is 0 Å². The molecule has 33 heavy (non-hydrogen) atoms. The molecule has 3 aromatic rings. The van der Waals surface area contributed by atoms with E-state index in [2.05, 4.69) is 11.2 Å². The molecule has 0 unspecified atom stereocenters. The topological polar surface area (TPSA) is 72.6 Å². The fraction of sp³-hybridized carbons (Fsp3) is 0.333. The van der Waals surface area contributed by atoms with Crippen LogP contribution in [0.2, 0.25) is 0 Å². The number of ether oxygens (including phenoxy) is 1. The second kappa shape index (κ2) is 8.85. The van der Waals surface area contributed by atoms with Crippen LogP contribution in [0.4, 0.5) is 4.39 Å². The monoisotopic (exact) mass is 447 g/mol. The normalized spacial score (nSPS) is 16.8. The summed E-state index contributed by atoms with van der Waals surface area (Å²) >= 11 is 0. The lowest BCUT2D eigenvalue weighted by Gasteiger charge is -2.15. The van der Waals surface area contributed by atoms with Crippen LogP contribution in [0, 0.1) is 11.7 Å². The number of halogens is 1. The molecule has 2 aromatic carbocycles. The van der Waals surface area contributed by atoms with Gasteiger partial charge in [0.1, 0.15) is 17.3 Å². The third kappa shape index (κ3) is 4.70. The number of rotatable bonds is 9. The van der Waals surface area contributed by atoms with Crippen molar-refractivity contribution in [2.75, 3.05) is 7.11 Å². The highest BCUT2D eigenvalue weighted by molar-refractivity contribution is 5.75. The molecule has 0 amide bonds. The minimum Gasteiger partial charge on any atom is -0.497 e. The number of hydrogen-bond donors (Lipinski definition) is 1. The van der Waals surface area contributed by atoms with Crippen molar-refractivity contribution < 1.29 is 23.6 Å². The minimum absolute atomic E-state index is 0.0470. The SMILES string of the molecule is COc1ccc(F)c(-c2noc(C=Cc3cccc([C@@H](CC(=O)O)C4CC4)c3)c2C2CC2)c1. The first kappa shape index (κ1) is 21.4. The summed E-state index contributed by atoms with van der Waals surface area (Å²) in [5, 5.41) is 13.5. The maximum atomic E-state index is 14.6. The molecule has 1 N–H and O–H groups in total. The lowest BCUT2D eigenvalue weighted by molar-refractivity contribution is -0.137. The zero-order valence-corrected chi connectivity index (χ0v) is 18.5. The molecule has 5 nitrogen and oxygen atoms in total. The van der Waals surface area contributed by atoms with Crippen molar-refractivity contribution in [3.05, 3.63) is 70.7 Å². The van der Waals surface area contributed by atoms with Crippen molar-refractivity contribution in [3.8, 4) is 17.0 Å². The van der Waals surface area contributed by atoms with E-state index in [1.54, 1.807) is 19.2 Å². The van der Waals surface area contributed by atoms with Gasteiger partial charge in [0.05, 0.1) is 13.5 Å². The summed E-state index contributed by atoms with van der Waals surface area (Å²) in [5.41, 5.74) is 3.86. The molecule has 0 saturated heterocycles. The summed E-state index contributed by atoms with van der Waals surface area (Å²) in [6, 6.07) is 12.6. The second-order valence-corrected chi connectivity index (χ2v) is 8.97. The quantitative estimate of drug-likeness (QED) is 0.405. The number of benzene rings is 2. The molecule has 170 valence electrons. The Hall–Kier alpha value is -3.41. The Morgan fingerprint density at radius 1 is 1.21 bits per heavy atom. The molecule has 2 aliphatic carbocycles. The molecular weight excluding hydrogens is 421 g/mol. The second-order valence-electron chi connectivity index (χ2n) is 8.97. The summed E-state index contributed by atoms with van der Waals surface area (Å²) in [4.78, 5) is 11.3. The van der Waals surface area contributed by atoms with Crippen LogP contribution in [0.15, 0.2) is 47.0 Å². The van der Waals surface area contributed by atoms with Gasteiger partial charge in [0.2, 0.25) is 0 Å². The van der Waals surface area contributed by atoms with Crippen molar-refractivity contribution in [2.45, 2.75) is 43.9 Å². The Morgan fingerprint density at radius 2 is 2.03 bits per heavy atom. The summed E-state index contributed by atoms with van der Waals surface area (Å²) < 4.78 is 25.5. The highest BCUT2D eigenvalue weighted by Crippen LogP contribution is 2.47. The Morgan fingerprint density at radius 3 is 2.73 bits per heavy atom. The molecule has 0 radical (unpaired) electrons. The van der Waals surface area contributed by atoms with E-state index in [4.69, 9.17) is 9.26 Å². The van der Waals surface area contributed by atoms with Crippen LogP contribution in [0.5, 0.6) is 5.75 Å².